The number of nitrogens with one attached hydrogen (secondary N) is 1. The monoisotopic (exact) mass is 503 g/mol. The van der Waals surface area contributed by atoms with Crippen molar-refractivity contribution in [1.82, 2.24) is 24.7 Å². The van der Waals surface area contributed by atoms with Gasteiger partial charge >= 0.3 is 6.01 Å². The second-order valence-corrected chi connectivity index (χ2v) is 12.0. The summed E-state index contributed by atoms with van der Waals surface area (Å²) in [6, 6.07) is 3.98. The van der Waals surface area contributed by atoms with Gasteiger partial charge in [0.2, 0.25) is 0 Å². The maximum atomic E-state index is 11.9. The third-order valence-electron chi connectivity index (χ3n) is 6.33. The third kappa shape index (κ3) is 5.48. The molecule has 190 valence electrons. The van der Waals surface area contributed by atoms with Crippen molar-refractivity contribution in [2.75, 3.05) is 49.4 Å². The zero-order chi connectivity index (χ0) is 25.2. The van der Waals surface area contributed by atoms with Crippen LogP contribution in [0, 0.1) is 0 Å². The van der Waals surface area contributed by atoms with Gasteiger partial charge in [-0.15, -0.1) is 0 Å². The highest BCUT2D eigenvalue weighted by molar-refractivity contribution is 7.92. The van der Waals surface area contributed by atoms with Gasteiger partial charge in [-0.3, -0.25) is 4.68 Å². The molecule has 0 radical (unpaired) electrons. The summed E-state index contributed by atoms with van der Waals surface area (Å²) in [5.41, 5.74) is 0.985. The van der Waals surface area contributed by atoms with Crippen molar-refractivity contribution >= 4 is 38.2 Å². The average molecular weight is 504 g/mol. The van der Waals surface area contributed by atoms with E-state index in [1.165, 1.54) is 6.26 Å². The molecule has 11 nitrogen and oxygen atoms in total. The first-order valence-corrected chi connectivity index (χ1v) is 13.6. The molecule has 0 aliphatic carbocycles. The van der Waals surface area contributed by atoms with Crippen LogP contribution in [0.25, 0.3) is 10.9 Å². The van der Waals surface area contributed by atoms with E-state index in [9.17, 15) is 8.42 Å². The number of hydrogen-bond donors (Lipinski definition) is 1. The molecular weight excluding hydrogens is 470 g/mol. The van der Waals surface area contributed by atoms with Gasteiger partial charge in [-0.25, -0.2) is 18.4 Å². The van der Waals surface area contributed by atoms with E-state index in [-0.39, 0.29) is 18.7 Å². The fraction of sp³-hybridized carbons (Fsp3) is 0.565. The van der Waals surface area contributed by atoms with Gasteiger partial charge in [0.25, 0.3) is 0 Å². The highest BCUT2D eigenvalue weighted by atomic mass is 32.2. The number of fused-ring (bicyclic) bond motifs is 1. The predicted octanol–water partition coefficient (Wildman–Crippen LogP) is 2.97. The summed E-state index contributed by atoms with van der Waals surface area (Å²) in [5.74, 6) is 2.02. The van der Waals surface area contributed by atoms with Crippen LogP contribution in [-0.2, 0) is 14.6 Å². The molecule has 0 aromatic carbocycles. The maximum Gasteiger partial charge on any atom is 0.318 e. The fourth-order valence-corrected chi connectivity index (χ4v) is 3.83. The quantitative estimate of drug-likeness (QED) is 0.466. The van der Waals surface area contributed by atoms with Crippen LogP contribution in [0.5, 0.6) is 6.01 Å². The summed E-state index contributed by atoms with van der Waals surface area (Å²) in [6.45, 7) is 10.4. The van der Waals surface area contributed by atoms with Gasteiger partial charge in [-0.1, -0.05) is 6.92 Å². The molecule has 1 N–H and O–H groups in total. The van der Waals surface area contributed by atoms with Gasteiger partial charge < -0.3 is 19.7 Å². The van der Waals surface area contributed by atoms with Crippen molar-refractivity contribution in [3.05, 3.63) is 24.5 Å². The van der Waals surface area contributed by atoms with Gasteiger partial charge in [0, 0.05) is 43.8 Å². The first kappa shape index (κ1) is 25.1. The lowest BCUT2D eigenvalue weighted by molar-refractivity contribution is 0.122. The van der Waals surface area contributed by atoms with E-state index in [0.717, 1.165) is 36.2 Å². The van der Waals surface area contributed by atoms with Crippen molar-refractivity contribution in [1.29, 1.82) is 0 Å². The Bertz CT molecular complexity index is 1290. The zero-order valence-electron chi connectivity index (χ0n) is 20.9. The summed E-state index contributed by atoms with van der Waals surface area (Å²) in [7, 11) is -3.30. The van der Waals surface area contributed by atoms with E-state index in [1.807, 2.05) is 12.3 Å². The number of morpholine rings is 1. The van der Waals surface area contributed by atoms with E-state index < -0.39 is 14.6 Å². The van der Waals surface area contributed by atoms with E-state index in [0.29, 0.717) is 24.8 Å². The van der Waals surface area contributed by atoms with E-state index in [1.54, 1.807) is 26.1 Å². The molecule has 12 heteroatoms. The van der Waals surface area contributed by atoms with Crippen molar-refractivity contribution in [2.45, 2.75) is 44.9 Å². The number of rotatable bonds is 9. The van der Waals surface area contributed by atoms with Crippen LogP contribution < -0.4 is 15.0 Å². The SMILES string of the molecule is CC[C@H](C)n1nc(N2CCOCC2)c2cnc(Nc3ccnc(OCC(C)(C)S(C)(=O)=O)n3)cc21. The molecule has 1 fully saturated rings. The molecular formula is C23H33N7O4S. The van der Waals surface area contributed by atoms with Crippen LogP contribution >= 0.6 is 0 Å². The predicted molar refractivity (Wildman–Crippen MR) is 135 cm³/mol. The standard InChI is InChI=1S/C23H33N7O4S/c1-6-16(2)30-18-13-20(25-14-17(18)21(28-30)29-9-11-33-12-10-29)26-19-7-8-24-22(27-19)34-15-23(3,4)35(5,31)32/h7-8,13-14,16H,6,9-12,15H2,1-5H3,(H,24,25,26,27)/t16-/m0/s1. The average Bonchev–Trinajstić information content (AvgIpc) is 3.21. The molecule has 35 heavy (non-hydrogen) atoms. The van der Waals surface area contributed by atoms with Crippen molar-refractivity contribution in [3.8, 4) is 6.01 Å². The van der Waals surface area contributed by atoms with Crippen molar-refractivity contribution < 1.29 is 17.9 Å². The van der Waals surface area contributed by atoms with Gasteiger partial charge in [0.05, 0.1) is 24.1 Å². The Hall–Kier alpha value is -2.99. The molecule has 0 amide bonds. The summed E-state index contributed by atoms with van der Waals surface area (Å²) in [4.78, 5) is 15.3. The van der Waals surface area contributed by atoms with Crippen LogP contribution in [-0.4, -0.2) is 77.1 Å². The molecule has 4 heterocycles. The molecule has 3 aromatic rings. The lowest BCUT2D eigenvalue weighted by Gasteiger charge is -2.27. The zero-order valence-corrected chi connectivity index (χ0v) is 21.7. The molecule has 1 saturated heterocycles. The van der Waals surface area contributed by atoms with Crippen molar-refractivity contribution in [3.63, 3.8) is 0 Å². The fourth-order valence-electron chi connectivity index (χ4n) is 3.56. The summed E-state index contributed by atoms with van der Waals surface area (Å²) in [5, 5.41) is 9.13. The maximum absolute atomic E-state index is 11.9. The Morgan fingerprint density at radius 1 is 1.23 bits per heavy atom. The Balaban J connectivity index is 1.58. The Labute approximate surface area is 205 Å². The van der Waals surface area contributed by atoms with Crippen LogP contribution in [0.3, 0.4) is 0 Å². The lowest BCUT2D eigenvalue weighted by atomic mass is 10.2. The molecule has 3 aromatic heterocycles. The minimum absolute atomic E-state index is 0.0576. The molecule has 1 aliphatic rings. The Morgan fingerprint density at radius 2 is 1.97 bits per heavy atom. The highest BCUT2D eigenvalue weighted by Crippen LogP contribution is 2.31. The summed E-state index contributed by atoms with van der Waals surface area (Å²) in [6.07, 6.45) is 5.52. The normalized spacial score (nSPS) is 15.9. The second-order valence-electron chi connectivity index (χ2n) is 9.38. The number of aromatic nitrogens is 5. The summed E-state index contributed by atoms with van der Waals surface area (Å²) < 4.78 is 35.9. The van der Waals surface area contributed by atoms with Gasteiger partial charge in [-0.2, -0.15) is 10.1 Å². The molecule has 1 aliphatic heterocycles. The minimum atomic E-state index is -3.30. The number of pyridine rings is 1. The number of ether oxygens (including phenoxy) is 2. The first-order chi connectivity index (χ1) is 16.6. The van der Waals surface area contributed by atoms with Crippen LogP contribution in [0.1, 0.15) is 40.2 Å². The Morgan fingerprint density at radius 3 is 2.66 bits per heavy atom. The lowest BCUT2D eigenvalue weighted by Crippen LogP contribution is -2.37. The smallest absolute Gasteiger partial charge is 0.318 e. The van der Waals surface area contributed by atoms with E-state index >= 15 is 0 Å². The molecule has 4 rings (SSSR count). The number of sulfone groups is 1. The number of nitrogens with zero attached hydrogens (tertiary/aromatic N) is 6. The van der Waals surface area contributed by atoms with E-state index in [4.69, 9.17) is 14.6 Å². The third-order valence-corrected chi connectivity index (χ3v) is 8.46. The van der Waals surface area contributed by atoms with Gasteiger partial charge in [0.1, 0.15) is 23.0 Å². The topological polar surface area (TPSA) is 124 Å². The second kappa shape index (κ2) is 9.94. The van der Waals surface area contributed by atoms with Crippen LogP contribution in [0.2, 0.25) is 0 Å². The molecule has 1 atom stereocenters. The first-order valence-electron chi connectivity index (χ1n) is 11.7. The largest absolute Gasteiger partial charge is 0.462 e. The van der Waals surface area contributed by atoms with Crippen LogP contribution in [0.15, 0.2) is 24.5 Å². The number of anilines is 3. The minimum Gasteiger partial charge on any atom is -0.462 e. The molecule has 0 saturated carbocycles. The van der Waals surface area contributed by atoms with Gasteiger partial charge in [0.15, 0.2) is 15.7 Å². The van der Waals surface area contributed by atoms with E-state index in [2.05, 4.69) is 43.7 Å². The molecule has 0 spiro atoms. The molecule has 0 bridgehead atoms. The van der Waals surface area contributed by atoms with Gasteiger partial charge in [-0.05, 0) is 33.3 Å². The summed E-state index contributed by atoms with van der Waals surface area (Å²) >= 11 is 0. The highest BCUT2D eigenvalue weighted by Gasteiger charge is 2.31. The molecule has 0 unspecified atom stereocenters. The number of hydrogen-bond acceptors (Lipinski definition) is 10. The van der Waals surface area contributed by atoms with Crippen molar-refractivity contribution in [2.24, 2.45) is 0 Å². The van der Waals surface area contributed by atoms with Crippen LogP contribution in [0.4, 0.5) is 17.5 Å². The Kier molecular flexibility index (Phi) is 7.13.